The van der Waals surface area contributed by atoms with Gasteiger partial charge in [0.2, 0.25) is 0 Å². The summed E-state index contributed by atoms with van der Waals surface area (Å²) >= 11 is 0.881. The number of thiophene rings is 1. The third kappa shape index (κ3) is 3.57. The fourth-order valence-electron chi connectivity index (χ4n) is 3.57. The molecular formula is C18H17F3N2O2S. The Bertz CT molecular complexity index is 804. The maximum Gasteiger partial charge on any atom is 0.417 e. The third-order valence-electron chi connectivity index (χ3n) is 4.88. The monoisotopic (exact) mass is 382 g/mol. The van der Waals surface area contributed by atoms with Crippen molar-refractivity contribution in [3.05, 3.63) is 46.8 Å². The molecule has 1 saturated heterocycles. The molecule has 2 N–H and O–H groups in total. The third-order valence-corrected chi connectivity index (χ3v) is 5.69. The first-order valence-electron chi connectivity index (χ1n) is 8.36. The number of halogens is 3. The molecule has 4 rings (SSSR count). The molecule has 0 radical (unpaired) electrons. The molecule has 3 atom stereocenters. The number of hydrogen-bond donors (Lipinski definition) is 2. The molecule has 8 heteroatoms. The lowest BCUT2D eigenvalue weighted by Gasteiger charge is -2.24. The minimum atomic E-state index is -4.38. The van der Waals surface area contributed by atoms with Gasteiger partial charge in [0.15, 0.2) is 5.06 Å². The van der Waals surface area contributed by atoms with Crippen LogP contribution in [0.1, 0.15) is 28.8 Å². The molecule has 2 heterocycles. The number of piperidine rings is 1. The van der Waals surface area contributed by atoms with E-state index in [1.807, 2.05) is 0 Å². The van der Waals surface area contributed by atoms with Crippen molar-refractivity contribution in [2.75, 3.05) is 6.54 Å². The molecule has 2 bridgehead atoms. The number of nitrogens with one attached hydrogen (secondary N) is 2. The molecule has 2 aliphatic rings. The van der Waals surface area contributed by atoms with Crippen LogP contribution >= 0.6 is 11.3 Å². The van der Waals surface area contributed by atoms with Gasteiger partial charge in [-0.1, -0.05) is 0 Å². The smallest absolute Gasteiger partial charge is 0.417 e. The molecule has 1 aromatic heterocycles. The highest BCUT2D eigenvalue weighted by molar-refractivity contribution is 7.12. The van der Waals surface area contributed by atoms with Crippen LogP contribution in [0.25, 0.3) is 0 Å². The van der Waals surface area contributed by atoms with Crippen molar-refractivity contribution in [2.45, 2.75) is 31.1 Å². The zero-order valence-corrected chi connectivity index (χ0v) is 14.5. The first-order chi connectivity index (χ1) is 12.4. The van der Waals surface area contributed by atoms with Gasteiger partial charge in [-0.3, -0.25) is 4.79 Å². The SMILES string of the molecule is O=C(NC1CC2CNC1C2)c1ccc(Oc2cc(C(F)(F)F)cs2)cc1. The van der Waals surface area contributed by atoms with Gasteiger partial charge in [0.1, 0.15) is 5.75 Å². The number of ether oxygens (including phenoxy) is 1. The van der Waals surface area contributed by atoms with Crippen molar-refractivity contribution in [1.29, 1.82) is 0 Å². The summed E-state index contributed by atoms with van der Waals surface area (Å²) in [6, 6.07) is 7.87. The van der Waals surface area contributed by atoms with E-state index in [4.69, 9.17) is 4.74 Å². The maximum absolute atomic E-state index is 12.6. The van der Waals surface area contributed by atoms with Crippen LogP contribution in [0.4, 0.5) is 13.2 Å². The van der Waals surface area contributed by atoms with Crippen molar-refractivity contribution in [3.8, 4) is 10.8 Å². The van der Waals surface area contributed by atoms with Gasteiger partial charge < -0.3 is 15.4 Å². The lowest BCUT2D eigenvalue weighted by atomic mass is 10.1. The molecular weight excluding hydrogens is 365 g/mol. The zero-order chi connectivity index (χ0) is 18.3. The molecule has 2 aromatic rings. The lowest BCUT2D eigenvalue weighted by molar-refractivity contribution is -0.137. The summed E-state index contributed by atoms with van der Waals surface area (Å²) in [4.78, 5) is 12.4. The predicted octanol–water partition coefficient (Wildman–Crippen LogP) is 4.04. The van der Waals surface area contributed by atoms with Crippen LogP contribution in [0.15, 0.2) is 35.7 Å². The number of carbonyl (C=O) groups is 1. The van der Waals surface area contributed by atoms with Crippen molar-refractivity contribution < 1.29 is 22.7 Å². The second kappa shape index (κ2) is 6.59. The highest BCUT2D eigenvalue weighted by Crippen LogP contribution is 2.37. The summed E-state index contributed by atoms with van der Waals surface area (Å²) in [6.45, 7) is 1.03. The van der Waals surface area contributed by atoms with Crippen LogP contribution in [0, 0.1) is 5.92 Å². The molecule has 1 amide bonds. The molecule has 1 aliphatic heterocycles. The Kier molecular flexibility index (Phi) is 4.40. The highest BCUT2D eigenvalue weighted by Gasteiger charge is 2.40. The van der Waals surface area contributed by atoms with Gasteiger partial charge in [-0.25, -0.2) is 0 Å². The average Bonchev–Trinajstić information content (AvgIpc) is 3.31. The maximum atomic E-state index is 12.6. The summed E-state index contributed by atoms with van der Waals surface area (Å²) < 4.78 is 43.3. The van der Waals surface area contributed by atoms with E-state index in [-0.39, 0.29) is 17.0 Å². The second-order valence-corrected chi connectivity index (χ2v) is 7.58. The van der Waals surface area contributed by atoms with Gasteiger partial charge in [-0.15, -0.1) is 11.3 Å². The van der Waals surface area contributed by atoms with Crippen molar-refractivity contribution in [1.82, 2.24) is 10.6 Å². The summed E-state index contributed by atoms with van der Waals surface area (Å²) in [6.07, 6.45) is -2.27. The quantitative estimate of drug-likeness (QED) is 0.839. The van der Waals surface area contributed by atoms with Crippen LogP contribution in [0.3, 0.4) is 0 Å². The van der Waals surface area contributed by atoms with E-state index in [1.165, 1.54) is 0 Å². The molecule has 1 aliphatic carbocycles. The molecule has 2 fully saturated rings. The van der Waals surface area contributed by atoms with E-state index in [0.29, 0.717) is 23.3 Å². The van der Waals surface area contributed by atoms with Crippen LogP contribution in [0.2, 0.25) is 0 Å². The van der Waals surface area contributed by atoms with Gasteiger partial charge in [-0.2, -0.15) is 13.2 Å². The lowest BCUT2D eigenvalue weighted by Crippen LogP contribution is -2.47. The van der Waals surface area contributed by atoms with Crippen LogP contribution in [-0.4, -0.2) is 24.5 Å². The standard InChI is InChI=1S/C18H17F3N2O2S/c19-18(20,21)12-7-16(26-9-12)25-13-3-1-11(2-4-13)17(24)23-15-6-10-5-14(15)22-8-10/h1-4,7,9-10,14-15,22H,5-6,8H2,(H,23,24). The van der Waals surface area contributed by atoms with E-state index in [2.05, 4.69) is 10.6 Å². The topological polar surface area (TPSA) is 50.4 Å². The molecule has 3 unspecified atom stereocenters. The molecule has 138 valence electrons. The second-order valence-electron chi connectivity index (χ2n) is 6.71. The van der Waals surface area contributed by atoms with Gasteiger partial charge in [-0.05, 0) is 49.6 Å². The van der Waals surface area contributed by atoms with E-state index in [9.17, 15) is 18.0 Å². The zero-order valence-electron chi connectivity index (χ0n) is 13.7. The predicted molar refractivity (Wildman–Crippen MR) is 91.6 cm³/mol. The van der Waals surface area contributed by atoms with Gasteiger partial charge in [0, 0.05) is 29.1 Å². The van der Waals surface area contributed by atoms with E-state index in [0.717, 1.165) is 42.2 Å². The normalized spacial score (nSPS) is 24.7. The molecule has 1 saturated carbocycles. The number of amides is 1. The van der Waals surface area contributed by atoms with Gasteiger partial charge >= 0.3 is 6.18 Å². The minimum Gasteiger partial charge on any atom is -0.447 e. The Labute approximate surface area is 152 Å². The molecule has 4 nitrogen and oxygen atoms in total. The van der Waals surface area contributed by atoms with Crippen molar-refractivity contribution in [3.63, 3.8) is 0 Å². The van der Waals surface area contributed by atoms with Crippen LogP contribution < -0.4 is 15.4 Å². The number of fused-ring (bicyclic) bond motifs is 2. The number of rotatable bonds is 4. The van der Waals surface area contributed by atoms with E-state index >= 15 is 0 Å². The summed E-state index contributed by atoms with van der Waals surface area (Å²) in [5.41, 5.74) is -0.227. The molecule has 1 aromatic carbocycles. The largest absolute Gasteiger partial charge is 0.447 e. The number of hydrogen-bond acceptors (Lipinski definition) is 4. The summed E-state index contributed by atoms with van der Waals surface area (Å²) in [5.74, 6) is 0.888. The Hall–Kier alpha value is -2.06. The minimum absolute atomic E-state index is 0.147. The van der Waals surface area contributed by atoms with Crippen molar-refractivity contribution in [2.24, 2.45) is 5.92 Å². The van der Waals surface area contributed by atoms with Gasteiger partial charge in [0.05, 0.1) is 5.56 Å². The Balaban J connectivity index is 1.37. The van der Waals surface area contributed by atoms with E-state index in [1.54, 1.807) is 24.3 Å². The van der Waals surface area contributed by atoms with Gasteiger partial charge in [0.25, 0.3) is 5.91 Å². The number of benzene rings is 1. The number of carbonyl (C=O) groups excluding carboxylic acids is 1. The summed E-state index contributed by atoms with van der Waals surface area (Å²) in [7, 11) is 0. The fourth-order valence-corrected chi connectivity index (χ4v) is 4.36. The Morgan fingerprint density at radius 1 is 1.23 bits per heavy atom. The summed E-state index contributed by atoms with van der Waals surface area (Å²) in [5, 5.41) is 7.62. The Morgan fingerprint density at radius 2 is 2.00 bits per heavy atom. The average molecular weight is 382 g/mol. The van der Waals surface area contributed by atoms with E-state index < -0.39 is 11.7 Å². The van der Waals surface area contributed by atoms with Crippen LogP contribution in [-0.2, 0) is 6.18 Å². The molecule has 26 heavy (non-hydrogen) atoms. The first kappa shape index (κ1) is 17.4. The molecule has 0 spiro atoms. The first-order valence-corrected chi connectivity index (χ1v) is 9.24. The fraction of sp³-hybridized carbons (Fsp3) is 0.389. The van der Waals surface area contributed by atoms with Crippen LogP contribution in [0.5, 0.6) is 10.8 Å². The highest BCUT2D eigenvalue weighted by atomic mass is 32.1. The number of alkyl halides is 3. The van der Waals surface area contributed by atoms with Crippen molar-refractivity contribution >= 4 is 17.2 Å². The Morgan fingerprint density at radius 3 is 2.58 bits per heavy atom.